The number of aromatic nitrogens is 1. The lowest BCUT2D eigenvalue weighted by atomic mass is 10.3. The Kier molecular flexibility index (Phi) is 3.93. The highest BCUT2D eigenvalue weighted by Gasteiger charge is 2.22. The van der Waals surface area contributed by atoms with E-state index in [0.717, 1.165) is 44.1 Å². The van der Waals surface area contributed by atoms with Crippen LogP contribution >= 0.6 is 0 Å². The predicted octanol–water partition coefficient (Wildman–Crippen LogP) is 0.615. The maximum atomic E-state index is 5.32. The van der Waals surface area contributed by atoms with Crippen molar-refractivity contribution in [3.8, 4) is 0 Å². The van der Waals surface area contributed by atoms with Crippen molar-refractivity contribution < 1.29 is 9.26 Å². The largest absolute Gasteiger partial charge is 0.380 e. The zero-order chi connectivity index (χ0) is 11.4. The van der Waals surface area contributed by atoms with Gasteiger partial charge in [0.05, 0.1) is 18.3 Å². The molecule has 1 saturated heterocycles. The summed E-state index contributed by atoms with van der Waals surface area (Å²) in [6.45, 7) is 3.64. The lowest BCUT2D eigenvalue weighted by Gasteiger charge is -2.12. The third kappa shape index (κ3) is 2.81. The van der Waals surface area contributed by atoms with E-state index >= 15 is 0 Å². The van der Waals surface area contributed by atoms with E-state index in [4.69, 9.17) is 9.26 Å². The number of methoxy groups -OCH3 is 1. The van der Waals surface area contributed by atoms with Crippen molar-refractivity contribution >= 4 is 0 Å². The van der Waals surface area contributed by atoms with E-state index in [9.17, 15) is 0 Å². The van der Waals surface area contributed by atoms with Crippen LogP contribution in [0.2, 0.25) is 0 Å². The number of rotatable bonds is 5. The fraction of sp³-hybridized carbons (Fsp3) is 0.727. The van der Waals surface area contributed by atoms with Crippen LogP contribution in [0.4, 0.5) is 0 Å². The second kappa shape index (κ2) is 5.43. The van der Waals surface area contributed by atoms with Crippen molar-refractivity contribution in [3.63, 3.8) is 0 Å². The topological polar surface area (TPSA) is 50.5 Å². The van der Waals surface area contributed by atoms with E-state index in [1.54, 1.807) is 7.11 Å². The Morgan fingerprint density at radius 2 is 2.56 bits per heavy atom. The van der Waals surface area contributed by atoms with Crippen molar-refractivity contribution in [1.29, 1.82) is 0 Å². The minimum Gasteiger partial charge on any atom is -0.380 e. The summed E-state index contributed by atoms with van der Waals surface area (Å²) in [4.78, 5) is 2.33. The van der Waals surface area contributed by atoms with Crippen LogP contribution in [0.3, 0.4) is 0 Å². The van der Waals surface area contributed by atoms with Crippen molar-refractivity contribution in [2.45, 2.75) is 25.6 Å². The monoisotopic (exact) mass is 225 g/mol. The Labute approximate surface area is 95.7 Å². The molecule has 1 unspecified atom stereocenters. The summed E-state index contributed by atoms with van der Waals surface area (Å²) in [6.07, 6.45) is 1.48. The molecule has 0 bridgehead atoms. The molecule has 0 amide bonds. The molecular formula is C11H19N3O2. The van der Waals surface area contributed by atoms with Crippen molar-refractivity contribution in [2.24, 2.45) is 0 Å². The van der Waals surface area contributed by atoms with E-state index in [2.05, 4.69) is 15.4 Å². The number of likely N-dealkylation sites (tertiary alicyclic amines) is 1. The molecule has 1 aliphatic rings. The predicted molar refractivity (Wildman–Crippen MR) is 60.0 cm³/mol. The summed E-state index contributed by atoms with van der Waals surface area (Å²) in [6, 6.07) is 2.01. The molecule has 1 N–H and O–H groups in total. The van der Waals surface area contributed by atoms with Gasteiger partial charge < -0.3 is 14.6 Å². The maximum absolute atomic E-state index is 5.32. The molecule has 16 heavy (non-hydrogen) atoms. The lowest BCUT2D eigenvalue weighted by Crippen LogP contribution is -2.22. The summed E-state index contributed by atoms with van der Waals surface area (Å²) in [5.41, 5.74) is 0.958. The number of ether oxygens (including phenoxy) is 1. The second-order valence-electron chi connectivity index (χ2n) is 4.20. The van der Waals surface area contributed by atoms with E-state index in [1.165, 1.54) is 0 Å². The summed E-state index contributed by atoms with van der Waals surface area (Å²) in [5.74, 6) is 0.932. The Bertz CT molecular complexity index is 327. The molecule has 0 aliphatic carbocycles. The number of hydrogen-bond donors (Lipinski definition) is 1. The van der Waals surface area contributed by atoms with E-state index in [0.29, 0.717) is 6.10 Å². The molecule has 5 nitrogen and oxygen atoms in total. The fourth-order valence-electron chi connectivity index (χ4n) is 2.05. The molecule has 0 aromatic carbocycles. The van der Waals surface area contributed by atoms with Crippen LogP contribution in [0.5, 0.6) is 0 Å². The van der Waals surface area contributed by atoms with Gasteiger partial charge in [0.1, 0.15) is 0 Å². The van der Waals surface area contributed by atoms with Crippen LogP contribution in [0, 0.1) is 0 Å². The highest BCUT2D eigenvalue weighted by Crippen LogP contribution is 2.15. The van der Waals surface area contributed by atoms with Gasteiger partial charge in [-0.05, 0) is 13.5 Å². The first kappa shape index (κ1) is 11.6. The van der Waals surface area contributed by atoms with Gasteiger partial charge in [0.25, 0.3) is 0 Å². The Balaban J connectivity index is 1.84. The molecule has 1 aromatic rings. The number of nitrogens with one attached hydrogen (secondary N) is 1. The van der Waals surface area contributed by atoms with Crippen LogP contribution in [-0.4, -0.2) is 43.4 Å². The van der Waals surface area contributed by atoms with Crippen LogP contribution in [0.25, 0.3) is 0 Å². The van der Waals surface area contributed by atoms with Gasteiger partial charge in [-0.15, -0.1) is 0 Å². The average molecular weight is 225 g/mol. The van der Waals surface area contributed by atoms with Gasteiger partial charge in [-0.25, -0.2) is 0 Å². The Morgan fingerprint density at radius 3 is 3.25 bits per heavy atom. The third-order valence-electron chi connectivity index (χ3n) is 2.91. The van der Waals surface area contributed by atoms with E-state index < -0.39 is 0 Å². The van der Waals surface area contributed by atoms with E-state index in [-0.39, 0.29) is 0 Å². The highest BCUT2D eigenvalue weighted by molar-refractivity contribution is 5.05. The van der Waals surface area contributed by atoms with Gasteiger partial charge in [-0.3, -0.25) is 4.90 Å². The first-order valence-corrected chi connectivity index (χ1v) is 5.66. The summed E-state index contributed by atoms with van der Waals surface area (Å²) in [5, 5.41) is 7.04. The van der Waals surface area contributed by atoms with Crippen LogP contribution in [0.15, 0.2) is 10.6 Å². The highest BCUT2D eigenvalue weighted by atomic mass is 16.5. The number of nitrogens with zero attached hydrogens (tertiary/aromatic N) is 2. The first-order valence-electron chi connectivity index (χ1n) is 5.66. The summed E-state index contributed by atoms with van der Waals surface area (Å²) in [7, 11) is 3.67. The van der Waals surface area contributed by atoms with Gasteiger partial charge in [-0.1, -0.05) is 5.16 Å². The summed E-state index contributed by atoms with van der Waals surface area (Å²) < 4.78 is 10.6. The van der Waals surface area contributed by atoms with Gasteiger partial charge in [0, 0.05) is 32.8 Å². The molecule has 0 spiro atoms. The molecule has 1 atom stereocenters. The van der Waals surface area contributed by atoms with Crippen molar-refractivity contribution in [2.75, 3.05) is 27.2 Å². The molecular weight excluding hydrogens is 206 g/mol. The van der Waals surface area contributed by atoms with Gasteiger partial charge in [0.2, 0.25) is 0 Å². The standard InChI is InChI=1S/C11H19N3O2/c1-12-6-9-5-11(16-13-9)8-14-4-3-10(7-14)15-2/h5,10,12H,3-4,6-8H2,1-2H3. The van der Waals surface area contributed by atoms with Crippen LogP contribution in [0.1, 0.15) is 17.9 Å². The maximum Gasteiger partial charge on any atom is 0.151 e. The first-order chi connectivity index (χ1) is 7.81. The quantitative estimate of drug-likeness (QED) is 0.796. The zero-order valence-corrected chi connectivity index (χ0v) is 9.90. The molecule has 1 aliphatic heterocycles. The van der Waals surface area contributed by atoms with Crippen LogP contribution < -0.4 is 5.32 Å². The van der Waals surface area contributed by atoms with Crippen molar-refractivity contribution in [1.82, 2.24) is 15.4 Å². The third-order valence-corrected chi connectivity index (χ3v) is 2.91. The lowest BCUT2D eigenvalue weighted by molar-refractivity contribution is 0.106. The zero-order valence-electron chi connectivity index (χ0n) is 9.90. The Morgan fingerprint density at radius 1 is 1.69 bits per heavy atom. The second-order valence-corrected chi connectivity index (χ2v) is 4.20. The summed E-state index contributed by atoms with van der Waals surface area (Å²) >= 11 is 0. The average Bonchev–Trinajstić information content (AvgIpc) is 2.89. The molecule has 1 fully saturated rings. The SMILES string of the molecule is CNCc1cc(CN2CCC(OC)C2)on1. The van der Waals surface area contributed by atoms with Gasteiger partial charge >= 0.3 is 0 Å². The smallest absolute Gasteiger partial charge is 0.151 e. The Hall–Kier alpha value is -0.910. The fourth-order valence-corrected chi connectivity index (χ4v) is 2.05. The molecule has 90 valence electrons. The van der Waals surface area contributed by atoms with Gasteiger partial charge in [-0.2, -0.15) is 0 Å². The molecule has 0 radical (unpaired) electrons. The van der Waals surface area contributed by atoms with Gasteiger partial charge in [0.15, 0.2) is 5.76 Å². The number of hydrogen-bond acceptors (Lipinski definition) is 5. The van der Waals surface area contributed by atoms with E-state index in [1.807, 2.05) is 13.1 Å². The molecule has 2 heterocycles. The van der Waals surface area contributed by atoms with Crippen LogP contribution in [-0.2, 0) is 17.8 Å². The molecule has 2 rings (SSSR count). The molecule has 5 heteroatoms. The molecule has 0 saturated carbocycles. The molecule has 1 aromatic heterocycles. The minimum atomic E-state index is 0.375. The minimum absolute atomic E-state index is 0.375. The normalized spacial score (nSPS) is 21.8. The van der Waals surface area contributed by atoms with Crippen molar-refractivity contribution in [3.05, 3.63) is 17.5 Å².